The van der Waals surface area contributed by atoms with Gasteiger partial charge < -0.3 is 14.3 Å². The topological polar surface area (TPSA) is 35.5 Å². The quantitative estimate of drug-likeness (QED) is 0.586. The number of hydrogen-bond acceptors (Lipinski definition) is 3. The summed E-state index contributed by atoms with van der Waals surface area (Å²) in [6.45, 7) is 7.25. The van der Waals surface area contributed by atoms with Crippen molar-refractivity contribution in [3.8, 4) is 0 Å². The lowest BCUT2D eigenvalue weighted by Gasteiger charge is -2.09. The first-order valence-corrected chi connectivity index (χ1v) is 7.16. The van der Waals surface area contributed by atoms with Gasteiger partial charge in [0.1, 0.15) is 6.29 Å². The second-order valence-electron chi connectivity index (χ2n) is 4.48. The Labute approximate surface area is 121 Å². The fourth-order valence-electron chi connectivity index (χ4n) is 2.15. The van der Waals surface area contributed by atoms with Gasteiger partial charge in [0.25, 0.3) is 0 Å². The van der Waals surface area contributed by atoms with E-state index in [-0.39, 0.29) is 6.29 Å². The zero-order chi connectivity index (χ0) is 14.8. The van der Waals surface area contributed by atoms with Crippen molar-refractivity contribution >= 4 is 12.4 Å². The zero-order valence-corrected chi connectivity index (χ0v) is 12.5. The number of benzene rings is 1. The van der Waals surface area contributed by atoms with Crippen molar-refractivity contribution in [2.45, 2.75) is 39.4 Å². The van der Waals surface area contributed by atoms with Crippen molar-refractivity contribution in [3.63, 3.8) is 0 Å². The van der Waals surface area contributed by atoms with Crippen LogP contribution in [0.4, 0.5) is 0 Å². The van der Waals surface area contributed by atoms with Gasteiger partial charge in [0.05, 0.1) is 0 Å². The van der Waals surface area contributed by atoms with Crippen LogP contribution in [-0.2, 0) is 14.3 Å². The molecule has 0 saturated heterocycles. The van der Waals surface area contributed by atoms with Crippen LogP contribution >= 0.6 is 0 Å². The molecular weight excluding hydrogens is 252 g/mol. The van der Waals surface area contributed by atoms with Crippen molar-refractivity contribution in [3.05, 3.63) is 41.5 Å². The monoisotopic (exact) mass is 276 g/mol. The molecule has 0 aliphatic heterocycles. The second-order valence-corrected chi connectivity index (χ2v) is 4.48. The zero-order valence-electron chi connectivity index (χ0n) is 12.5. The van der Waals surface area contributed by atoms with Gasteiger partial charge in [-0.2, -0.15) is 0 Å². The minimum absolute atomic E-state index is 0.0370. The molecule has 1 aromatic rings. The Hall–Kier alpha value is -1.45. The third-order valence-electron chi connectivity index (χ3n) is 3.06. The lowest BCUT2D eigenvalue weighted by Crippen LogP contribution is -2.11. The van der Waals surface area contributed by atoms with Crippen molar-refractivity contribution in [1.29, 1.82) is 0 Å². The highest BCUT2D eigenvalue weighted by Gasteiger charge is 2.15. The van der Waals surface area contributed by atoms with Gasteiger partial charge in [-0.1, -0.05) is 36.4 Å². The summed E-state index contributed by atoms with van der Waals surface area (Å²) in [7, 11) is 0. The Kier molecular flexibility index (Phi) is 7.85. The Balaban J connectivity index is 0.000000221. The molecular formula is C17H24O3. The summed E-state index contributed by atoms with van der Waals surface area (Å²) < 4.78 is 10.1. The normalized spacial score (nSPS) is 15.7. The number of allylic oxidation sites excluding steroid dienone is 1. The Morgan fingerprint density at radius 3 is 2.45 bits per heavy atom. The van der Waals surface area contributed by atoms with Crippen molar-refractivity contribution < 1.29 is 14.3 Å². The largest absolute Gasteiger partial charge is 0.353 e. The van der Waals surface area contributed by atoms with Crippen LogP contribution in [0.3, 0.4) is 0 Å². The number of carbonyl (C=O) groups is 1. The lowest BCUT2D eigenvalue weighted by molar-refractivity contribution is -0.123. The highest BCUT2D eigenvalue weighted by Crippen LogP contribution is 2.31. The van der Waals surface area contributed by atoms with Crippen LogP contribution in [0.1, 0.15) is 44.2 Å². The van der Waals surface area contributed by atoms with Crippen molar-refractivity contribution in [1.82, 2.24) is 0 Å². The van der Waals surface area contributed by atoms with Gasteiger partial charge >= 0.3 is 0 Å². The summed E-state index contributed by atoms with van der Waals surface area (Å²) >= 11 is 0. The molecule has 0 bridgehead atoms. The van der Waals surface area contributed by atoms with E-state index < -0.39 is 0 Å². The Bertz CT molecular complexity index is 420. The van der Waals surface area contributed by atoms with Gasteiger partial charge in [0.15, 0.2) is 6.29 Å². The lowest BCUT2D eigenvalue weighted by atomic mass is 9.98. The van der Waals surface area contributed by atoms with E-state index in [2.05, 4.69) is 24.3 Å². The first-order valence-electron chi connectivity index (χ1n) is 7.16. The number of ether oxygens (including phenoxy) is 2. The average molecular weight is 276 g/mol. The van der Waals surface area contributed by atoms with E-state index in [0.717, 1.165) is 19.5 Å². The number of carbonyl (C=O) groups excluding carboxylic acids is 1. The molecule has 0 spiro atoms. The number of rotatable bonds is 6. The van der Waals surface area contributed by atoms with Gasteiger partial charge in [0, 0.05) is 25.6 Å². The smallest absolute Gasteiger partial charge is 0.154 e. The molecule has 20 heavy (non-hydrogen) atoms. The standard InChI is InChI=1S/C11H10O.C6H14O2/c12-8-7-10-6-5-9-3-1-2-4-11(9)10;1-4-7-6(3)8-5-2/h1-6,8,10H,7H2;6H,4-5H2,1-3H3. The van der Waals surface area contributed by atoms with Crippen LogP contribution < -0.4 is 0 Å². The van der Waals surface area contributed by atoms with E-state index in [1.54, 1.807) is 0 Å². The van der Waals surface area contributed by atoms with Gasteiger partial charge in [-0.25, -0.2) is 0 Å². The van der Waals surface area contributed by atoms with E-state index in [9.17, 15) is 4.79 Å². The molecule has 1 unspecified atom stereocenters. The third-order valence-corrected chi connectivity index (χ3v) is 3.06. The summed E-state index contributed by atoms with van der Waals surface area (Å²) in [4.78, 5) is 10.3. The van der Waals surface area contributed by atoms with Crippen LogP contribution in [0.5, 0.6) is 0 Å². The molecule has 0 aromatic heterocycles. The van der Waals surface area contributed by atoms with Crippen LogP contribution in [0.15, 0.2) is 30.3 Å². The van der Waals surface area contributed by atoms with Gasteiger partial charge in [-0.05, 0) is 31.9 Å². The molecule has 2 rings (SSSR count). The van der Waals surface area contributed by atoms with E-state index in [4.69, 9.17) is 9.47 Å². The molecule has 0 heterocycles. The summed E-state index contributed by atoms with van der Waals surface area (Å²) in [6.07, 6.45) is 5.73. The molecule has 0 radical (unpaired) electrons. The maximum absolute atomic E-state index is 10.3. The summed E-state index contributed by atoms with van der Waals surface area (Å²) in [5.41, 5.74) is 2.54. The molecule has 1 aliphatic carbocycles. The number of fused-ring (bicyclic) bond motifs is 1. The number of aldehydes is 1. The Morgan fingerprint density at radius 1 is 1.20 bits per heavy atom. The highest BCUT2D eigenvalue weighted by molar-refractivity contribution is 5.65. The molecule has 110 valence electrons. The van der Waals surface area contributed by atoms with E-state index in [0.29, 0.717) is 12.3 Å². The van der Waals surface area contributed by atoms with Gasteiger partial charge in [-0.15, -0.1) is 0 Å². The second kappa shape index (κ2) is 9.45. The van der Waals surface area contributed by atoms with Crippen molar-refractivity contribution in [2.75, 3.05) is 13.2 Å². The molecule has 0 fully saturated rings. The SMILES string of the molecule is CCOC(C)OCC.O=CCC1C=Cc2ccccc21. The molecule has 0 saturated carbocycles. The highest BCUT2D eigenvalue weighted by atomic mass is 16.7. The molecule has 3 heteroatoms. The predicted octanol–water partition coefficient (Wildman–Crippen LogP) is 3.79. The van der Waals surface area contributed by atoms with Crippen LogP contribution in [0, 0.1) is 0 Å². The average Bonchev–Trinajstić information content (AvgIpc) is 2.84. The fourth-order valence-corrected chi connectivity index (χ4v) is 2.15. The molecule has 1 atom stereocenters. The molecule has 1 aromatic carbocycles. The summed E-state index contributed by atoms with van der Waals surface area (Å²) in [5.74, 6) is 0.318. The predicted molar refractivity (Wildman–Crippen MR) is 81.6 cm³/mol. The van der Waals surface area contributed by atoms with E-state index in [1.807, 2.05) is 32.9 Å². The van der Waals surface area contributed by atoms with E-state index >= 15 is 0 Å². The van der Waals surface area contributed by atoms with Gasteiger partial charge in [-0.3, -0.25) is 0 Å². The first-order chi connectivity index (χ1) is 9.72. The number of hydrogen-bond donors (Lipinski definition) is 0. The minimum atomic E-state index is -0.0370. The molecule has 0 amide bonds. The summed E-state index contributed by atoms with van der Waals surface area (Å²) in [5, 5.41) is 0. The fraction of sp³-hybridized carbons (Fsp3) is 0.471. The van der Waals surface area contributed by atoms with Gasteiger partial charge in [0.2, 0.25) is 0 Å². The van der Waals surface area contributed by atoms with Crippen LogP contribution in [0.25, 0.3) is 6.08 Å². The third kappa shape index (κ3) is 5.27. The molecule has 1 aliphatic rings. The molecule has 3 nitrogen and oxygen atoms in total. The molecule has 0 N–H and O–H groups in total. The Morgan fingerprint density at radius 2 is 1.85 bits per heavy atom. The summed E-state index contributed by atoms with van der Waals surface area (Å²) in [6, 6.07) is 8.20. The van der Waals surface area contributed by atoms with Crippen molar-refractivity contribution in [2.24, 2.45) is 0 Å². The van der Waals surface area contributed by atoms with E-state index in [1.165, 1.54) is 11.1 Å². The van der Waals surface area contributed by atoms with Crippen LogP contribution in [-0.4, -0.2) is 25.8 Å². The maximum Gasteiger partial charge on any atom is 0.154 e. The first kappa shape index (κ1) is 16.6. The minimum Gasteiger partial charge on any atom is -0.353 e. The maximum atomic E-state index is 10.3. The van der Waals surface area contributed by atoms with Crippen LogP contribution in [0.2, 0.25) is 0 Å².